The first kappa shape index (κ1) is 14.8. The van der Waals surface area contributed by atoms with Crippen molar-refractivity contribution in [3.05, 3.63) is 57.8 Å². The zero-order valence-electron chi connectivity index (χ0n) is 12.0. The van der Waals surface area contributed by atoms with Crippen molar-refractivity contribution in [3.63, 3.8) is 0 Å². The van der Waals surface area contributed by atoms with Crippen molar-refractivity contribution in [2.75, 3.05) is 12.4 Å². The predicted octanol–water partition coefficient (Wildman–Crippen LogP) is 3.17. The number of rotatable bonds is 6. The van der Waals surface area contributed by atoms with E-state index in [1.165, 1.54) is 0 Å². The van der Waals surface area contributed by atoms with Crippen molar-refractivity contribution in [2.24, 2.45) is 0 Å². The number of nitro benzene ring substituents is 1. The molecule has 0 radical (unpaired) electrons. The highest BCUT2D eigenvalue weighted by molar-refractivity contribution is 5.55. The molecule has 0 fully saturated rings. The Labute approximate surface area is 122 Å². The second-order valence-electron chi connectivity index (χ2n) is 4.52. The number of nitro groups is 1. The van der Waals surface area contributed by atoms with Gasteiger partial charge in [-0.1, -0.05) is 19.1 Å². The summed E-state index contributed by atoms with van der Waals surface area (Å²) in [5.74, 6) is 0.557. The molecule has 0 amide bonds. The Bertz CT molecular complexity index is 627. The van der Waals surface area contributed by atoms with Crippen LogP contribution in [0.25, 0.3) is 0 Å². The Morgan fingerprint density at radius 1 is 1.33 bits per heavy atom. The lowest BCUT2D eigenvalue weighted by atomic mass is 10.1. The normalized spacial score (nSPS) is 10.2. The smallest absolute Gasteiger partial charge is 0.274 e. The molecule has 1 aromatic heterocycles. The molecule has 0 atom stereocenters. The fourth-order valence-electron chi connectivity index (χ4n) is 1.98. The summed E-state index contributed by atoms with van der Waals surface area (Å²) in [5.41, 5.74) is 2.57. The van der Waals surface area contributed by atoms with E-state index in [9.17, 15) is 10.1 Å². The van der Waals surface area contributed by atoms with Crippen molar-refractivity contribution in [1.82, 2.24) is 4.98 Å². The molecule has 21 heavy (non-hydrogen) atoms. The fourth-order valence-corrected chi connectivity index (χ4v) is 1.98. The van der Waals surface area contributed by atoms with E-state index in [1.807, 2.05) is 19.1 Å². The molecule has 0 saturated heterocycles. The standard InChI is InChI=1S/C15H17N3O3/c1-3-12-5-6-13(8-14(12)18(19)20)16-9-11-4-7-15(21-2)17-10-11/h4-8,10,16H,3,9H2,1-2H3. The van der Waals surface area contributed by atoms with Gasteiger partial charge in [-0.25, -0.2) is 4.98 Å². The van der Waals surface area contributed by atoms with Gasteiger partial charge in [-0.05, 0) is 18.1 Å². The number of pyridine rings is 1. The van der Waals surface area contributed by atoms with Crippen molar-refractivity contribution < 1.29 is 9.66 Å². The number of anilines is 1. The Balaban J connectivity index is 2.08. The lowest BCUT2D eigenvalue weighted by Crippen LogP contribution is -2.02. The Morgan fingerprint density at radius 3 is 2.71 bits per heavy atom. The number of benzene rings is 1. The fraction of sp³-hybridized carbons (Fsp3) is 0.267. The van der Waals surface area contributed by atoms with Crippen LogP contribution in [-0.4, -0.2) is 17.0 Å². The van der Waals surface area contributed by atoms with Crippen LogP contribution >= 0.6 is 0 Å². The van der Waals surface area contributed by atoms with Crippen molar-refractivity contribution in [1.29, 1.82) is 0 Å². The van der Waals surface area contributed by atoms with Gasteiger partial charge in [0.25, 0.3) is 5.69 Å². The van der Waals surface area contributed by atoms with Crippen LogP contribution in [0.5, 0.6) is 5.88 Å². The zero-order valence-corrected chi connectivity index (χ0v) is 12.0. The van der Waals surface area contributed by atoms with E-state index in [0.717, 1.165) is 16.8 Å². The summed E-state index contributed by atoms with van der Waals surface area (Å²) >= 11 is 0. The van der Waals surface area contributed by atoms with Gasteiger partial charge in [0.05, 0.1) is 12.0 Å². The Hall–Kier alpha value is -2.63. The molecule has 2 aromatic rings. The molecule has 1 N–H and O–H groups in total. The molecule has 0 saturated carbocycles. The number of aromatic nitrogens is 1. The molecule has 0 aliphatic rings. The van der Waals surface area contributed by atoms with Crippen LogP contribution in [0, 0.1) is 10.1 Å². The third kappa shape index (κ3) is 3.68. The second kappa shape index (κ2) is 6.69. The molecule has 1 heterocycles. The minimum Gasteiger partial charge on any atom is -0.481 e. The van der Waals surface area contributed by atoms with Crippen LogP contribution in [0.3, 0.4) is 0 Å². The second-order valence-corrected chi connectivity index (χ2v) is 4.52. The zero-order chi connectivity index (χ0) is 15.2. The topological polar surface area (TPSA) is 77.3 Å². The number of nitrogens with one attached hydrogen (secondary N) is 1. The van der Waals surface area contributed by atoms with Crippen LogP contribution in [0.2, 0.25) is 0 Å². The van der Waals surface area contributed by atoms with Crippen LogP contribution in [0.1, 0.15) is 18.1 Å². The highest BCUT2D eigenvalue weighted by Gasteiger charge is 2.12. The van der Waals surface area contributed by atoms with E-state index in [1.54, 1.807) is 31.5 Å². The summed E-state index contributed by atoms with van der Waals surface area (Å²) in [6.07, 6.45) is 2.35. The Kier molecular flexibility index (Phi) is 4.71. The van der Waals surface area contributed by atoms with Crippen molar-refractivity contribution >= 4 is 11.4 Å². The van der Waals surface area contributed by atoms with Gasteiger partial charge in [-0.3, -0.25) is 10.1 Å². The molecule has 0 spiro atoms. The average molecular weight is 287 g/mol. The third-order valence-corrected chi connectivity index (χ3v) is 3.17. The first-order valence-electron chi connectivity index (χ1n) is 6.64. The average Bonchev–Trinajstić information content (AvgIpc) is 2.53. The molecule has 6 heteroatoms. The van der Waals surface area contributed by atoms with E-state index in [2.05, 4.69) is 10.3 Å². The molecular weight excluding hydrogens is 270 g/mol. The molecule has 2 rings (SSSR count). The SMILES string of the molecule is CCc1ccc(NCc2ccc(OC)nc2)cc1[N+](=O)[O-]. The summed E-state index contributed by atoms with van der Waals surface area (Å²) in [4.78, 5) is 14.8. The quantitative estimate of drug-likeness (QED) is 0.652. The molecular formula is C15H17N3O3. The van der Waals surface area contributed by atoms with Crippen molar-refractivity contribution in [3.8, 4) is 5.88 Å². The number of methoxy groups -OCH3 is 1. The van der Waals surface area contributed by atoms with E-state index in [-0.39, 0.29) is 10.6 Å². The van der Waals surface area contributed by atoms with Gasteiger partial charge in [-0.2, -0.15) is 0 Å². The van der Waals surface area contributed by atoms with Crippen molar-refractivity contribution in [2.45, 2.75) is 19.9 Å². The number of aryl methyl sites for hydroxylation is 1. The number of ether oxygens (including phenoxy) is 1. The van der Waals surface area contributed by atoms with Gasteiger partial charge in [0.15, 0.2) is 0 Å². The maximum Gasteiger partial charge on any atom is 0.274 e. The van der Waals surface area contributed by atoms with Gasteiger partial charge in [0.1, 0.15) is 0 Å². The minimum atomic E-state index is -0.348. The molecule has 0 unspecified atom stereocenters. The lowest BCUT2D eigenvalue weighted by molar-refractivity contribution is -0.385. The summed E-state index contributed by atoms with van der Waals surface area (Å²) in [6, 6.07) is 8.87. The number of hydrogen-bond donors (Lipinski definition) is 1. The van der Waals surface area contributed by atoms with Gasteiger partial charge >= 0.3 is 0 Å². The molecule has 0 bridgehead atoms. The van der Waals surface area contributed by atoms with E-state index in [4.69, 9.17) is 4.74 Å². The largest absolute Gasteiger partial charge is 0.481 e. The monoisotopic (exact) mass is 287 g/mol. The maximum absolute atomic E-state index is 11.0. The predicted molar refractivity (Wildman–Crippen MR) is 80.6 cm³/mol. The lowest BCUT2D eigenvalue weighted by Gasteiger charge is -2.08. The maximum atomic E-state index is 11.0. The van der Waals surface area contributed by atoms with Crippen LogP contribution in [-0.2, 0) is 13.0 Å². The molecule has 0 aliphatic carbocycles. The summed E-state index contributed by atoms with van der Waals surface area (Å²) < 4.78 is 4.99. The third-order valence-electron chi connectivity index (χ3n) is 3.17. The summed E-state index contributed by atoms with van der Waals surface area (Å²) in [6.45, 7) is 2.44. The highest BCUT2D eigenvalue weighted by Crippen LogP contribution is 2.24. The molecule has 110 valence electrons. The number of nitrogens with zero attached hydrogens (tertiary/aromatic N) is 2. The number of hydrogen-bond acceptors (Lipinski definition) is 5. The van der Waals surface area contributed by atoms with Crippen LogP contribution < -0.4 is 10.1 Å². The van der Waals surface area contributed by atoms with Gasteiger partial charge < -0.3 is 10.1 Å². The Morgan fingerprint density at radius 2 is 2.14 bits per heavy atom. The molecule has 6 nitrogen and oxygen atoms in total. The van der Waals surface area contributed by atoms with Crippen LogP contribution in [0.15, 0.2) is 36.5 Å². The van der Waals surface area contributed by atoms with Crippen LogP contribution in [0.4, 0.5) is 11.4 Å². The van der Waals surface area contributed by atoms with E-state index < -0.39 is 0 Å². The first-order chi connectivity index (χ1) is 10.1. The highest BCUT2D eigenvalue weighted by atomic mass is 16.6. The summed E-state index contributed by atoms with van der Waals surface area (Å²) in [5, 5.41) is 14.2. The first-order valence-corrected chi connectivity index (χ1v) is 6.64. The van der Waals surface area contributed by atoms with E-state index >= 15 is 0 Å². The summed E-state index contributed by atoms with van der Waals surface area (Å²) in [7, 11) is 1.56. The van der Waals surface area contributed by atoms with Gasteiger partial charge in [0, 0.05) is 36.1 Å². The van der Waals surface area contributed by atoms with Gasteiger partial charge in [-0.15, -0.1) is 0 Å². The molecule has 1 aromatic carbocycles. The minimum absolute atomic E-state index is 0.148. The molecule has 0 aliphatic heterocycles. The van der Waals surface area contributed by atoms with Gasteiger partial charge in [0.2, 0.25) is 5.88 Å². The van der Waals surface area contributed by atoms with E-state index in [0.29, 0.717) is 18.8 Å².